The summed E-state index contributed by atoms with van der Waals surface area (Å²) in [5.41, 5.74) is 1.57. The van der Waals surface area contributed by atoms with Crippen molar-refractivity contribution < 1.29 is 32.3 Å². The highest BCUT2D eigenvalue weighted by Crippen LogP contribution is 2.31. The molecule has 2 fully saturated rings. The van der Waals surface area contributed by atoms with Gasteiger partial charge in [0, 0.05) is 6.42 Å². The Balaban J connectivity index is 1.16. The molecule has 0 bridgehead atoms. The van der Waals surface area contributed by atoms with Crippen molar-refractivity contribution in [2.75, 3.05) is 25.6 Å². The number of alkyl halides is 1. The van der Waals surface area contributed by atoms with Gasteiger partial charge in [-0.2, -0.15) is 4.98 Å². The van der Waals surface area contributed by atoms with Gasteiger partial charge in [-0.1, -0.05) is 23.7 Å². The zero-order chi connectivity index (χ0) is 27.5. The van der Waals surface area contributed by atoms with Gasteiger partial charge in [0.1, 0.15) is 11.7 Å². The molecule has 11 heteroatoms. The van der Waals surface area contributed by atoms with Crippen LogP contribution < -0.4 is 5.32 Å². The van der Waals surface area contributed by atoms with Crippen molar-refractivity contribution in [3.8, 4) is 0 Å². The Kier molecular flexibility index (Phi) is 8.32. The number of nitrogens with one attached hydrogen (secondary N) is 1. The van der Waals surface area contributed by atoms with Crippen LogP contribution in [-0.4, -0.2) is 60.3 Å². The Morgan fingerprint density at radius 2 is 2.00 bits per heavy atom. The van der Waals surface area contributed by atoms with Crippen LogP contribution in [0.3, 0.4) is 0 Å². The van der Waals surface area contributed by atoms with Gasteiger partial charge in [0.05, 0.1) is 55.5 Å². The number of likely N-dealkylation sites (tertiary alicyclic amines) is 1. The van der Waals surface area contributed by atoms with E-state index >= 15 is 0 Å². The number of fused-ring (bicyclic) bond motifs is 1. The Morgan fingerprint density at radius 3 is 2.72 bits per heavy atom. The molecule has 2 heterocycles. The summed E-state index contributed by atoms with van der Waals surface area (Å²) in [7, 11) is 1.40. The zero-order valence-corrected chi connectivity index (χ0v) is 22.3. The van der Waals surface area contributed by atoms with E-state index in [4.69, 9.17) is 25.5 Å². The maximum absolute atomic E-state index is 14.3. The summed E-state index contributed by atoms with van der Waals surface area (Å²) in [6.45, 7) is 0.290. The summed E-state index contributed by atoms with van der Waals surface area (Å²) < 4.78 is 44.5. The van der Waals surface area contributed by atoms with Crippen molar-refractivity contribution in [1.82, 2.24) is 9.88 Å². The van der Waals surface area contributed by atoms with Gasteiger partial charge in [0.25, 0.3) is 6.01 Å². The van der Waals surface area contributed by atoms with Crippen molar-refractivity contribution in [3.63, 3.8) is 0 Å². The molecule has 1 aliphatic heterocycles. The molecule has 0 radical (unpaired) electrons. The number of carbonyl (C=O) groups excluding carboxylic acids is 2. The molecule has 0 unspecified atom stereocenters. The van der Waals surface area contributed by atoms with Crippen LogP contribution in [-0.2, 0) is 25.5 Å². The molecule has 1 N–H and O–H groups in total. The van der Waals surface area contributed by atoms with Gasteiger partial charge >= 0.3 is 5.97 Å². The number of hydrogen-bond donors (Lipinski definition) is 1. The van der Waals surface area contributed by atoms with E-state index in [-0.39, 0.29) is 67.5 Å². The fourth-order valence-corrected chi connectivity index (χ4v) is 5.58. The quantitative estimate of drug-likeness (QED) is 0.358. The third-order valence-corrected chi connectivity index (χ3v) is 7.73. The van der Waals surface area contributed by atoms with Crippen LogP contribution in [0.4, 0.5) is 20.5 Å². The Morgan fingerprint density at radius 1 is 1.21 bits per heavy atom. The van der Waals surface area contributed by atoms with Gasteiger partial charge < -0.3 is 24.1 Å². The monoisotopic (exact) mass is 561 g/mol. The number of halogens is 3. The molecule has 208 valence electrons. The largest absolute Gasteiger partial charge is 0.469 e. The average molecular weight is 562 g/mol. The van der Waals surface area contributed by atoms with Crippen molar-refractivity contribution in [2.24, 2.45) is 5.92 Å². The third-order valence-electron chi connectivity index (χ3n) is 7.41. The zero-order valence-electron chi connectivity index (χ0n) is 21.5. The number of anilines is 2. The minimum Gasteiger partial charge on any atom is -0.469 e. The van der Waals surface area contributed by atoms with Crippen molar-refractivity contribution in [1.29, 1.82) is 0 Å². The van der Waals surface area contributed by atoms with Gasteiger partial charge in [-0.15, -0.1) is 0 Å². The van der Waals surface area contributed by atoms with E-state index in [0.29, 0.717) is 34.6 Å². The smallest absolute Gasteiger partial charge is 0.308 e. The van der Waals surface area contributed by atoms with Crippen LogP contribution >= 0.6 is 11.6 Å². The summed E-state index contributed by atoms with van der Waals surface area (Å²) in [4.78, 5) is 30.6. The Hall–Kier alpha value is -3.24. The summed E-state index contributed by atoms with van der Waals surface area (Å²) in [5, 5.41) is 3.26. The van der Waals surface area contributed by atoms with E-state index in [1.165, 1.54) is 13.2 Å². The maximum atomic E-state index is 14.3. The molecule has 2 atom stereocenters. The second-order valence-corrected chi connectivity index (χ2v) is 10.5. The minimum absolute atomic E-state index is 0.0156. The topological polar surface area (TPSA) is 93.9 Å². The fourth-order valence-electron chi connectivity index (χ4n) is 5.33. The van der Waals surface area contributed by atoms with Gasteiger partial charge in [0.15, 0.2) is 11.4 Å². The number of ether oxygens (including phenoxy) is 2. The summed E-state index contributed by atoms with van der Waals surface area (Å²) in [6.07, 6.45) is 2.04. The molecule has 0 spiro atoms. The number of oxazole rings is 1. The number of hydrogen-bond acceptors (Lipinski definition) is 7. The predicted octanol–water partition coefficient (Wildman–Crippen LogP) is 5.59. The second-order valence-electron chi connectivity index (χ2n) is 10.1. The van der Waals surface area contributed by atoms with Crippen LogP contribution in [0, 0.1) is 11.7 Å². The van der Waals surface area contributed by atoms with Crippen LogP contribution in [0.25, 0.3) is 11.1 Å². The second kappa shape index (κ2) is 11.9. The molecule has 39 heavy (non-hydrogen) atoms. The Labute approximate surface area is 229 Å². The third kappa shape index (κ3) is 6.33. The molecule has 1 saturated carbocycles. The van der Waals surface area contributed by atoms with E-state index in [1.54, 1.807) is 35.2 Å². The summed E-state index contributed by atoms with van der Waals surface area (Å²) in [5.74, 6) is -1.00. The standard InChI is InChI=1S/C28H30ClF2N3O5/c1-37-27(36)17-6-8-20(9-7-17)38-15-19-13-18(30)14-34(19)25(35)12-16-5-10-23(21(29)11-16)32-28-33-24-4-2-3-22(31)26(24)39-28/h2-5,10-11,17-20H,6-9,12-15H2,1H3,(H,32,33)/t17-,18-,19-,20-/m0/s1. The molecule has 1 aliphatic carbocycles. The molecular weight excluding hydrogens is 532 g/mol. The number of esters is 1. The molecular formula is C28H30ClF2N3O5. The van der Waals surface area contributed by atoms with E-state index < -0.39 is 12.0 Å². The number of nitrogens with zero attached hydrogens (tertiary/aromatic N) is 2. The molecule has 2 aliphatic rings. The van der Waals surface area contributed by atoms with E-state index in [0.717, 1.165) is 12.8 Å². The average Bonchev–Trinajstić information content (AvgIpc) is 3.52. The van der Waals surface area contributed by atoms with Gasteiger partial charge in [-0.05, 0) is 55.5 Å². The van der Waals surface area contributed by atoms with E-state index in [9.17, 15) is 18.4 Å². The SMILES string of the molecule is COC(=O)[C@H]1CC[C@H](OC[C@@H]2C[C@H](F)CN2C(=O)Cc2ccc(Nc3nc4cccc(F)c4o3)c(Cl)c2)CC1. The molecule has 5 rings (SSSR count). The van der Waals surface area contributed by atoms with Crippen molar-refractivity contribution in [3.05, 3.63) is 52.8 Å². The van der Waals surface area contributed by atoms with Gasteiger partial charge in [-0.3, -0.25) is 9.59 Å². The summed E-state index contributed by atoms with van der Waals surface area (Å²) >= 11 is 6.44. The lowest BCUT2D eigenvalue weighted by Gasteiger charge is -2.30. The van der Waals surface area contributed by atoms with Gasteiger partial charge in [-0.25, -0.2) is 8.78 Å². The Bertz CT molecular complexity index is 1340. The van der Waals surface area contributed by atoms with Crippen molar-refractivity contribution in [2.45, 2.75) is 56.8 Å². The number of carbonyl (C=O) groups is 2. The molecule has 8 nitrogen and oxygen atoms in total. The molecule has 2 aromatic carbocycles. The first-order valence-corrected chi connectivity index (χ1v) is 13.4. The van der Waals surface area contributed by atoms with Crippen LogP contribution in [0.2, 0.25) is 5.02 Å². The maximum Gasteiger partial charge on any atom is 0.308 e. The number of para-hydroxylation sites is 1. The molecule has 1 amide bonds. The predicted molar refractivity (Wildman–Crippen MR) is 141 cm³/mol. The number of rotatable bonds is 8. The molecule has 3 aromatic rings. The highest BCUT2D eigenvalue weighted by molar-refractivity contribution is 6.33. The van der Waals surface area contributed by atoms with Crippen molar-refractivity contribution >= 4 is 46.3 Å². The lowest BCUT2D eigenvalue weighted by Crippen LogP contribution is -2.40. The number of amides is 1. The van der Waals surface area contributed by atoms with Crippen LogP contribution in [0.1, 0.15) is 37.7 Å². The molecule has 1 aromatic heterocycles. The van der Waals surface area contributed by atoms with Crippen LogP contribution in [0.15, 0.2) is 40.8 Å². The lowest BCUT2D eigenvalue weighted by molar-refractivity contribution is -0.148. The first-order chi connectivity index (χ1) is 18.8. The first kappa shape index (κ1) is 27.3. The highest BCUT2D eigenvalue weighted by atomic mass is 35.5. The fraction of sp³-hybridized carbons (Fsp3) is 0.464. The minimum atomic E-state index is -1.10. The van der Waals surface area contributed by atoms with E-state index in [2.05, 4.69) is 10.3 Å². The highest BCUT2D eigenvalue weighted by Gasteiger charge is 2.36. The number of aromatic nitrogens is 1. The molecule has 1 saturated heterocycles. The number of benzene rings is 2. The van der Waals surface area contributed by atoms with Crippen LogP contribution in [0.5, 0.6) is 0 Å². The normalized spacial score (nSPS) is 23.2. The number of methoxy groups -OCH3 is 1. The van der Waals surface area contributed by atoms with Gasteiger partial charge in [0.2, 0.25) is 5.91 Å². The summed E-state index contributed by atoms with van der Waals surface area (Å²) in [6, 6.07) is 9.29. The lowest BCUT2D eigenvalue weighted by atomic mass is 9.87. The van der Waals surface area contributed by atoms with E-state index in [1.807, 2.05) is 0 Å². The first-order valence-electron chi connectivity index (χ1n) is 13.0.